The molecule has 1 saturated heterocycles. The highest BCUT2D eigenvalue weighted by atomic mass is 35.5. The minimum absolute atomic E-state index is 0.0285. The van der Waals surface area contributed by atoms with Crippen molar-refractivity contribution in [1.82, 2.24) is 0 Å². The van der Waals surface area contributed by atoms with E-state index >= 15 is 0 Å². The molecule has 3 nitrogen and oxygen atoms in total. The lowest BCUT2D eigenvalue weighted by molar-refractivity contribution is 0.0893. The molecule has 1 unspecified atom stereocenters. The molecule has 0 aliphatic carbocycles. The number of rotatable bonds is 3. The number of aliphatic hydroxyl groups excluding tert-OH is 1. The van der Waals surface area contributed by atoms with Gasteiger partial charge in [-0.25, -0.2) is 0 Å². The van der Waals surface area contributed by atoms with E-state index in [2.05, 4.69) is 4.90 Å². The lowest BCUT2D eigenvalue weighted by Crippen LogP contribution is -2.39. The van der Waals surface area contributed by atoms with E-state index in [0.717, 1.165) is 37.2 Å². The van der Waals surface area contributed by atoms with Crippen molar-refractivity contribution in [3.05, 3.63) is 28.8 Å². The average molecular weight is 256 g/mol. The molecule has 1 aromatic rings. The molecule has 4 heteroatoms. The van der Waals surface area contributed by atoms with Gasteiger partial charge in [-0.15, -0.1) is 0 Å². The van der Waals surface area contributed by atoms with Gasteiger partial charge < -0.3 is 14.7 Å². The molecule has 1 fully saturated rings. The van der Waals surface area contributed by atoms with E-state index in [9.17, 15) is 0 Å². The topological polar surface area (TPSA) is 32.7 Å². The number of aliphatic hydroxyl groups is 1. The van der Waals surface area contributed by atoms with Crippen LogP contribution in [0.5, 0.6) is 0 Å². The summed E-state index contributed by atoms with van der Waals surface area (Å²) in [5.74, 6) is 0. The fourth-order valence-electron chi connectivity index (χ4n) is 2.25. The van der Waals surface area contributed by atoms with Crippen molar-refractivity contribution in [1.29, 1.82) is 0 Å². The van der Waals surface area contributed by atoms with Crippen LogP contribution in [-0.4, -0.2) is 31.4 Å². The normalized spacial score (nSPS) is 20.6. The SMILES string of the molecule is COC1CCCN(c2ccc(CO)cc2Cl)C1. The summed E-state index contributed by atoms with van der Waals surface area (Å²) >= 11 is 6.24. The van der Waals surface area contributed by atoms with E-state index in [1.807, 2.05) is 18.2 Å². The molecule has 0 spiro atoms. The van der Waals surface area contributed by atoms with Crippen LogP contribution in [0.15, 0.2) is 18.2 Å². The van der Waals surface area contributed by atoms with Crippen molar-refractivity contribution in [2.75, 3.05) is 25.1 Å². The predicted molar refractivity (Wildman–Crippen MR) is 69.6 cm³/mol. The summed E-state index contributed by atoms with van der Waals surface area (Å²) in [4.78, 5) is 2.25. The monoisotopic (exact) mass is 255 g/mol. The highest BCUT2D eigenvalue weighted by molar-refractivity contribution is 6.33. The van der Waals surface area contributed by atoms with Gasteiger partial charge >= 0.3 is 0 Å². The van der Waals surface area contributed by atoms with Crippen molar-refractivity contribution >= 4 is 17.3 Å². The third kappa shape index (κ3) is 2.92. The van der Waals surface area contributed by atoms with Crippen molar-refractivity contribution < 1.29 is 9.84 Å². The molecule has 1 atom stereocenters. The number of methoxy groups -OCH3 is 1. The number of benzene rings is 1. The third-order valence-electron chi connectivity index (χ3n) is 3.25. The van der Waals surface area contributed by atoms with Crippen molar-refractivity contribution in [3.63, 3.8) is 0 Å². The zero-order valence-electron chi connectivity index (χ0n) is 10.0. The van der Waals surface area contributed by atoms with Gasteiger partial charge in [-0.2, -0.15) is 0 Å². The van der Waals surface area contributed by atoms with E-state index in [4.69, 9.17) is 21.4 Å². The predicted octanol–water partition coefficient (Wildman–Crippen LogP) is 2.45. The molecule has 0 amide bonds. The Bertz CT molecular complexity index is 384. The molecule has 1 aliphatic rings. The quantitative estimate of drug-likeness (QED) is 0.901. The Kier molecular flexibility index (Phi) is 4.26. The highest BCUT2D eigenvalue weighted by Crippen LogP contribution is 2.29. The lowest BCUT2D eigenvalue weighted by Gasteiger charge is -2.34. The van der Waals surface area contributed by atoms with Crippen LogP contribution < -0.4 is 4.90 Å². The maximum absolute atomic E-state index is 9.05. The van der Waals surface area contributed by atoms with Crippen LogP contribution >= 0.6 is 11.6 Å². The Morgan fingerprint density at radius 1 is 1.53 bits per heavy atom. The first-order chi connectivity index (χ1) is 8.24. The van der Waals surface area contributed by atoms with Crippen LogP contribution in [0.2, 0.25) is 5.02 Å². The largest absolute Gasteiger partial charge is 0.392 e. The second-order valence-corrected chi connectivity index (χ2v) is 4.80. The van der Waals surface area contributed by atoms with Gasteiger partial charge in [0, 0.05) is 20.2 Å². The summed E-state index contributed by atoms with van der Waals surface area (Å²) in [6, 6.07) is 5.72. The molecule has 0 radical (unpaired) electrons. The van der Waals surface area contributed by atoms with Gasteiger partial charge in [-0.3, -0.25) is 0 Å². The molecule has 0 bridgehead atoms. The van der Waals surface area contributed by atoms with E-state index in [1.165, 1.54) is 0 Å². The number of ether oxygens (including phenoxy) is 1. The first-order valence-electron chi connectivity index (χ1n) is 5.91. The molecular formula is C13H18ClNO2. The summed E-state index contributed by atoms with van der Waals surface area (Å²) in [6.45, 7) is 1.92. The fourth-order valence-corrected chi connectivity index (χ4v) is 2.58. The Hall–Kier alpha value is -0.770. The van der Waals surface area contributed by atoms with Crippen LogP contribution in [0.1, 0.15) is 18.4 Å². The number of anilines is 1. The first kappa shape index (κ1) is 12.7. The lowest BCUT2D eigenvalue weighted by atomic mass is 10.1. The number of nitrogens with zero attached hydrogens (tertiary/aromatic N) is 1. The Labute approximate surface area is 107 Å². The molecule has 0 aromatic heterocycles. The summed E-state index contributed by atoms with van der Waals surface area (Å²) in [5, 5.41) is 9.75. The Morgan fingerprint density at radius 3 is 3.00 bits per heavy atom. The zero-order valence-corrected chi connectivity index (χ0v) is 10.8. The maximum atomic E-state index is 9.05. The molecule has 17 heavy (non-hydrogen) atoms. The van der Waals surface area contributed by atoms with Crippen LogP contribution in [0.25, 0.3) is 0 Å². The van der Waals surface area contributed by atoms with Crippen LogP contribution in [0, 0.1) is 0 Å². The van der Waals surface area contributed by atoms with Crippen molar-refractivity contribution in [2.24, 2.45) is 0 Å². The number of hydrogen-bond donors (Lipinski definition) is 1. The molecule has 1 N–H and O–H groups in total. The minimum Gasteiger partial charge on any atom is -0.392 e. The van der Waals surface area contributed by atoms with E-state index in [0.29, 0.717) is 5.02 Å². The fraction of sp³-hybridized carbons (Fsp3) is 0.538. The van der Waals surface area contributed by atoms with Gasteiger partial charge in [0.15, 0.2) is 0 Å². The summed E-state index contributed by atoms with van der Waals surface area (Å²) in [7, 11) is 1.75. The van der Waals surface area contributed by atoms with Gasteiger partial charge in [0.05, 0.1) is 23.4 Å². The molecule has 1 aliphatic heterocycles. The molecule has 2 rings (SSSR count). The second-order valence-electron chi connectivity index (χ2n) is 4.39. The second kappa shape index (κ2) is 5.71. The minimum atomic E-state index is 0.0285. The van der Waals surface area contributed by atoms with E-state index < -0.39 is 0 Å². The van der Waals surface area contributed by atoms with E-state index in [1.54, 1.807) is 7.11 Å². The van der Waals surface area contributed by atoms with Gasteiger partial charge in [0.25, 0.3) is 0 Å². The zero-order chi connectivity index (χ0) is 12.3. The van der Waals surface area contributed by atoms with Gasteiger partial charge in [0.1, 0.15) is 0 Å². The summed E-state index contributed by atoms with van der Waals surface area (Å²) < 4.78 is 5.40. The third-order valence-corrected chi connectivity index (χ3v) is 3.55. The number of piperidine rings is 1. The summed E-state index contributed by atoms with van der Waals surface area (Å²) in [5.41, 5.74) is 1.88. The van der Waals surface area contributed by atoms with Crippen molar-refractivity contribution in [2.45, 2.75) is 25.6 Å². The van der Waals surface area contributed by atoms with Crippen LogP contribution in [-0.2, 0) is 11.3 Å². The molecule has 0 saturated carbocycles. The average Bonchev–Trinajstić information content (AvgIpc) is 2.38. The van der Waals surface area contributed by atoms with Crippen LogP contribution in [0.3, 0.4) is 0 Å². The molecular weight excluding hydrogens is 238 g/mol. The summed E-state index contributed by atoms with van der Waals surface area (Å²) in [6.07, 6.45) is 2.52. The highest BCUT2D eigenvalue weighted by Gasteiger charge is 2.21. The number of hydrogen-bond acceptors (Lipinski definition) is 3. The smallest absolute Gasteiger partial charge is 0.0746 e. The first-order valence-corrected chi connectivity index (χ1v) is 6.29. The van der Waals surface area contributed by atoms with E-state index in [-0.39, 0.29) is 12.7 Å². The molecule has 94 valence electrons. The Morgan fingerprint density at radius 2 is 2.35 bits per heavy atom. The standard InChI is InChI=1S/C13H18ClNO2/c1-17-11-3-2-6-15(8-11)13-5-4-10(9-16)7-12(13)14/h4-5,7,11,16H,2-3,6,8-9H2,1H3. The van der Waals surface area contributed by atoms with Crippen molar-refractivity contribution in [3.8, 4) is 0 Å². The van der Waals surface area contributed by atoms with Gasteiger partial charge in [0.2, 0.25) is 0 Å². The number of halogens is 1. The van der Waals surface area contributed by atoms with Gasteiger partial charge in [-0.05, 0) is 30.5 Å². The molecule has 1 heterocycles. The molecule has 1 aromatic carbocycles. The van der Waals surface area contributed by atoms with Crippen LogP contribution in [0.4, 0.5) is 5.69 Å². The Balaban J connectivity index is 2.16. The maximum Gasteiger partial charge on any atom is 0.0746 e. The van der Waals surface area contributed by atoms with Gasteiger partial charge in [-0.1, -0.05) is 17.7 Å².